The Labute approximate surface area is 214 Å². The van der Waals surface area contributed by atoms with E-state index < -0.39 is 49.0 Å². The molecule has 1 fully saturated rings. The molecule has 0 unspecified atom stereocenters. The Balaban J connectivity index is 1.58. The Morgan fingerprint density at radius 1 is 1.24 bits per heavy atom. The number of alkyl halides is 1. The molecule has 0 bridgehead atoms. The second-order valence-electron chi connectivity index (χ2n) is 8.70. The van der Waals surface area contributed by atoms with Crippen molar-refractivity contribution in [1.29, 1.82) is 0 Å². The van der Waals surface area contributed by atoms with Crippen molar-refractivity contribution in [2.24, 2.45) is 5.11 Å². The number of fused-ring (bicyclic) bond motifs is 1. The molecule has 2 heterocycles. The fraction of sp³-hybridized carbons (Fsp3) is 0.292. The lowest BCUT2D eigenvalue weighted by molar-refractivity contribution is -0.124. The molecule has 10 nitrogen and oxygen atoms in total. The van der Waals surface area contributed by atoms with Gasteiger partial charge in [0.25, 0.3) is 0 Å². The fourth-order valence-electron chi connectivity index (χ4n) is 4.37. The number of nitrogens with one attached hydrogen (secondary N) is 2. The summed E-state index contributed by atoms with van der Waals surface area (Å²) in [5.74, 6) is -1.70. The Bertz CT molecular complexity index is 1440. The minimum Gasteiger partial charge on any atom is -0.350 e. The molecule has 1 aliphatic heterocycles. The summed E-state index contributed by atoms with van der Waals surface area (Å²) in [5.41, 5.74) is 7.46. The fourth-order valence-corrected chi connectivity index (χ4v) is 4.56. The van der Waals surface area contributed by atoms with E-state index in [2.05, 4.69) is 20.7 Å². The number of amides is 3. The molecule has 1 aromatic heterocycles. The molecule has 0 spiro atoms. The summed E-state index contributed by atoms with van der Waals surface area (Å²) in [5, 5.41) is 8.92. The Morgan fingerprint density at radius 2 is 2.00 bits per heavy atom. The number of halogens is 3. The molecule has 37 heavy (non-hydrogen) atoms. The predicted molar refractivity (Wildman–Crippen MR) is 133 cm³/mol. The zero-order valence-corrected chi connectivity index (χ0v) is 20.4. The molecule has 1 saturated heterocycles. The molecule has 0 saturated carbocycles. The third kappa shape index (κ3) is 5.35. The first-order valence-electron chi connectivity index (χ1n) is 11.2. The molecule has 2 aromatic carbocycles. The van der Waals surface area contributed by atoms with Gasteiger partial charge in [0.2, 0.25) is 11.8 Å². The van der Waals surface area contributed by atoms with Crippen molar-refractivity contribution in [3.05, 3.63) is 75.5 Å². The summed E-state index contributed by atoms with van der Waals surface area (Å²) < 4.78 is 31.1. The highest BCUT2D eigenvalue weighted by atomic mass is 35.5. The Kier molecular flexibility index (Phi) is 7.33. The number of anilines is 1. The summed E-state index contributed by atoms with van der Waals surface area (Å²) in [6.07, 6.45) is 1.01. The molecule has 13 heteroatoms. The van der Waals surface area contributed by atoms with Crippen LogP contribution in [0.1, 0.15) is 23.7 Å². The highest BCUT2D eigenvalue weighted by Gasteiger charge is 2.49. The first-order valence-corrected chi connectivity index (χ1v) is 11.6. The monoisotopic (exact) mass is 529 g/mol. The van der Waals surface area contributed by atoms with Crippen LogP contribution in [0, 0.1) is 5.82 Å². The number of urea groups is 1. The van der Waals surface area contributed by atoms with Gasteiger partial charge in [0.05, 0.1) is 29.3 Å². The summed E-state index contributed by atoms with van der Waals surface area (Å²) in [6.45, 7) is 0.0319. The number of aromatic nitrogens is 1. The lowest BCUT2D eigenvalue weighted by atomic mass is 10.0. The van der Waals surface area contributed by atoms with Crippen molar-refractivity contribution in [3.8, 4) is 0 Å². The van der Waals surface area contributed by atoms with Crippen molar-refractivity contribution in [1.82, 2.24) is 14.8 Å². The van der Waals surface area contributed by atoms with Gasteiger partial charge in [-0.05, 0) is 17.7 Å². The molecular formula is C24H22ClF2N7O3. The maximum Gasteiger partial charge on any atom is 0.322 e. The zero-order chi connectivity index (χ0) is 26.7. The number of hydrogen-bond acceptors (Lipinski definition) is 4. The summed E-state index contributed by atoms with van der Waals surface area (Å²) in [7, 11) is 0. The highest BCUT2D eigenvalue weighted by Crippen LogP contribution is 2.33. The highest BCUT2D eigenvalue weighted by molar-refractivity contribution is 6.30. The predicted octanol–water partition coefficient (Wildman–Crippen LogP) is 5.04. The standard InChI is InChI=1S/C24H22ClF2N7O3/c1-14(35)33-11-18(16-6-2-3-8-19(16)33)31-23(37)34-13-24(27,12-30-32-28)9-20(34)22(36)29-10-15-5-4-7-17(25)21(15)26/h2-8,11,20H,9-10,12-13H2,1H3,(H,29,36)(H,31,37)/t20-,24-/m0/s1. The smallest absolute Gasteiger partial charge is 0.322 e. The van der Waals surface area contributed by atoms with Gasteiger partial charge in [-0.25, -0.2) is 13.6 Å². The molecule has 0 aliphatic carbocycles. The zero-order valence-electron chi connectivity index (χ0n) is 19.6. The van der Waals surface area contributed by atoms with Gasteiger partial charge >= 0.3 is 6.03 Å². The number of carbonyl (C=O) groups excluding carboxylic acids is 3. The number of para-hydroxylation sites is 1. The normalized spacial score (nSPS) is 18.9. The van der Waals surface area contributed by atoms with Gasteiger partial charge in [-0.1, -0.05) is 47.0 Å². The number of nitrogens with zero attached hydrogens (tertiary/aromatic N) is 5. The second kappa shape index (κ2) is 10.5. The van der Waals surface area contributed by atoms with Gasteiger partial charge in [-0.15, -0.1) is 0 Å². The number of hydrogen-bond donors (Lipinski definition) is 2. The lowest BCUT2D eigenvalue weighted by Crippen LogP contribution is -2.47. The van der Waals surface area contributed by atoms with E-state index in [9.17, 15) is 18.8 Å². The van der Waals surface area contributed by atoms with Crippen LogP contribution in [0.4, 0.5) is 19.3 Å². The van der Waals surface area contributed by atoms with Crippen LogP contribution in [0.2, 0.25) is 5.02 Å². The van der Waals surface area contributed by atoms with E-state index >= 15 is 4.39 Å². The van der Waals surface area contributed by atoms with E-state index in [0.717, 1.165) is 4.90 Å². The van der Waals surface area contributed by atoms with Crippen LogP contribution in [-0.4, -0.2) is 52.1 Å². The molecule has 0 radical (unpaired) electrons. The number of likely N-dealkylation sites (tertiary alicyclic amines) is 1. The average molecular weight is 530 g/mol. The topological polar surface area (TPSA) is 132 Å². The van der Waals surface area contributed by atoms with Gasteiger partial charge in [0.1, 0.15) is 17.5 Å². The summed E-state index contributed by atoms with van der Waals surface area (Å²) >= 11 is 5.79. The van der Waals surface area contributed by atoms with Crippen molar-refractivity contribution < 1.29 is 23.2 Å². The molecule has 3 aromatic rings. The van der Waals surface area contributed by atoms with Crippen LogP contribution in [-0.2, 0) is 11.3 Å². The van der Waals surface area contributed by atoms with E-state index in [0.29, 0.717) is 16.6 Å². The van der Waals surface area contributed by atoms with Crippen LogP contribution in [0.5, 0.6) is 0 Å². The van der Waals surface area contributed by atoms with Gasteiger partial charge in [0, 0.05) is 41.9 Å². The first kappa shape index (κ1) is 25.9. The van der Waals surface area contributed by atoms with Crippen molar-refractivity contribution in [2.75, 3.05) is 18.4 Å². The largest absolute Gasteiger partial charge is 0.350 e. The quantitative estimate of drug-likeness (QED) is 0.263. The minimum atomic E-state index is -2.15. The van der Waals surface area contributed by atoms with Crippen LogP contribution in [0.3, 0.4) is 0 Å². The van der Waals surface area contributed by atoms with Crippen molar-refractivity contribution in [2.45, 2.75) is 31.6 Å². The Hall–Kier alpha value is -4.15. The molecule has 192 valence electrons. The molecule has 2 atom stereocenters. The number of carbonyl (C=O) groups is 3. The average Bonchev–Trinajstić information content (AvgIpc) is 3.42. The maximum atomic E-state index is 15.5. The third-order valence-electron chi connectivity index (χ3n) is 6.15. The molecule has 3 amide bonds. The first-order chi connectivity index (χ1) is 17.6. The van der Waals surface area contributed by atoms with Gasteiger partial charge in [0.15, 0.2) is 0 Å². The van der Waals surface area contributed by atoms with Crippen LogP contribution in [0.25, 0.3) is 21.3 Å². The third-order valence-corrected chi connectivity index (χ3v) is 6.44. The lowest BCUT2D eigenvalue weighted by Gasteiger charge is -2.24. The second-order valence-corrected chi connectivity index (χ2v) is 9.10. The molecular weight excluding hydrogens is 508 g/mol. The molecule has 4 rings (SSSR count). The van der Waals surface area contributed by atoms with Gasteiger partial charge in [-0.3, -0.25) is 14.2 Å². The van der Waals surface area contributed by atoms with Crippen molar-refractivity contribution in [3.63, 3.8) is 0 Å². The minimum absolute atomic E-state index is 0.115. The molecule has 2 N–H and O–H groups in total. The number of azide groups is 1. The van der Waals surface area contributed by atoms with Crippen LogP contribution >= 0.6 is 11.6 Å². The SMILES string of the molecule is CC(=O)n1cc(NC(=O)N2C[C@@](F)(CN=[N+]=[N-])C[C@H]2C(=O)NCc2cccc(Cl)c2F)c2ccccc21. The summed E-state index contributed by atoms with van der Waals surface area (Å²) in [4.78, 5) is 41.9. The van der Waals surface area contributed by atoms with E-state index in [4.69, 9.17) is 17.1 Å². The maximum absolute atomic E-state index is 15.5. The van der Waals surface area contributed by atoms with E-state index in [-0.39, 0.29) is 23.0 Å². The van der Waals surface area contributed by atoms with E-state index in [1.165, 1.54) is 35.9 Å². The summed E-state index contributed by atoms with van der Waals surface area (Å²) in [6, 6.07) is 9.14. The number of rotatable bonds is 6. The number of benzene rings is 2. The van der Waals surface area contributed by atoms with Gasteiger partial charge in [-0.2, -0.15) is 0 Å². The van der Waals surface area contributed by atoms with Crippen LogP contribution in [0.15, 0.2) is 53.8 Å². The van der Waals surface area contributed by atoms with Crippen molar-refractivity contribution >= 4 is 46.0 Å². The molecule has 1 aliphatic rings. The van der Waals surface area contributed by atoms with E-state index in [1.54, 1.807) is 24.3 Å². The Morgan fingerprint density at radius 3 is 2.73 bits per heavy atom. The van der Waals surface area contributed by atoms with Crippen LogP contribution < -0.4 is 10.6 Å². The van der Waals surface area contributed by atoms with E-state index in [1.807, 2.05) is 0 Å². The van der Waals surface area contributed by atoms with Gasteiger partial charge < -0.3 is 15.5 Å².